The van der Waals surface area contributed by atoms with Crippen LogP contribution in [0.5, 0.6) is 0 Å². The molecule has 0 rings (SSSR count). The minimum absolute atomic E-state index is 0.164. The van der Waals surface area contributed by atoms with Crippen LogP contribution in [-0.2, 0) is 4.74 Å². The molecule has 1 unspecified atom stereocenters. The normalized spacial score (nSPS) is 14.2. The molecular formula is C13H26F3NO. The highest BCUT2D eigenvalue weighted by molar-refractivity contribution is 4.70. The molecule has 18 heavy (non-hydrogen) atoms. The van der Waals surface area contributed by atoms with Gasteiger partial charge >= 0.3 is 6.18 Å². The Morgan fingerprint density at radius 1 is 1.11 bits per heavy atom. The van der Waals surface area contributed by atoms with Gasteiger partial charge in [0.1, 0.15) is 6.61 Å². The van der Waals surface area contributed by atoms with Gasteiger partial charge in [0.25, 0.3) is 0 Å². The van der Waals surface area contributed by atoms with E-state index in [1.807, 2.05) is 6.92 Å². The monoisotopic (exact) mass is 269 g/mol. The first-order valence-corrected chi connectivity index (χ1v) is 6.80. The summed E-state index contributed by atoms with van der Waals surface area (Å²) in [6.07, 6.45) is -0.344. The molecule has 0 amide bonds. The molecule has 1 N–H and O–H groups in total. The molecule has 0 bridgehead atoms. The van der Waals surface area contributed by atoms with Gasteiger partial charge in [0.15, 0.2) is 0 Å². The molecule has 0 spiro atoms. The quantitative estimate of drug-likeness (QED) is 0.610. The zero-order chi connectivity index (χ0) is 14.0. The molecule has 0 aromatic carbocycles. The van der Waals surface area contributed by atoms with Crippen molar-refractivity contribution in [1.29, 1.82) is 0 Å². The van der Waals surface area contributed by atoms with Crippen molar-refractivity contribution < 1.29 is 17.9 Å². The Morgan fingerprint density at radius 3 is 2.17 bits per heavy atom. The highest BCUT2D eigenvalue weighted by Gasteiger charge is 2.27. The molecule has 0 aromatic rings. The summed E-state index contributed by atoms with van der Waals surface area (Å²) in [5, 5.41) is 3.32. The van der Waals surface area contributed by atoms with Crippen LogP contribution in [0, 0.1) is 5.92 Å². The number of ether oxygens (including phenoxy) is 1. The van der Waals surface area contributed by atoms with Crippen LogP contribution >= 0.6 is 0 Å². The van der Waals surface area contributed by atoms with E-state index in [9.17, 15) is 13.2 Å². The summed E-state index contributed by atoms with van der Waals surface area (Å²) in [4.78, 5) is 0. The van der Waals surface area contributed by atoms with Gasteiger partial charge in [-0.2, -0.15) is 13.2 Å². The van der Waals surface area contributed by atoms with E-state index in [1.165, 1.54) is 0 Å². The molecule has 0 saturated carbocycles. The number of hydrogen-bond acceptors (Lipinski definition) is 2. The molecule has 110 valence electrons. The average Bonchev–Trinajstić information content (AvgIpc) is 2.30. The second-order valence-electron chi connectivity index (χ2n) is 4.63. The maximum atomic E-state index is 11.9. The maximum absolute atomic E-state index is 11.9. The van der Waals surface area contributed by atoms with Gasteiger partial charge in [0, 0.05) is 12.6 Å². The second-order valence-corrected chi connectivity index (χ2v) is 4.63. The second kappa shape index (κ2) is 9.62. The van der Waals surface area contributed by atoms with Gasteiger partial charge in [-0.25, -0.2) is 0 Å². The van der Waals surface area contributed by atoms with E-state index in [0.717, 1.165) is 25.8 Å². The molecule has 2 nitrogen and oxygen atoms in total. The Morgan fingerprint density at radius 2 is 1.72 bits per heavy atom. The largest absolute Gasteiger partial charge is 0.411 e. The van der Waals surface area contributed by atoms with Crippen molar-refractivity contribution in [3.63, 3.8) is 0 Å². The van der Waals surface area contributed by atoms with E-state index in [1.54, 1.807) is 0 Å². The first-order valence-electron chi connectivity index (χ1n) is 6.80. The summed E-state index contributed by atoms with van der Waals surface area (Å²) < 4.78 is 40.4. The van der Waals surface area contributed by atoms with Crippen LogP contribution < -0.4 is 5.32 Å². The topological polar surface area (TPSA) is 21.3 Å². The van der Waals surface area contributed by atoms with Gasteiger partial charge in [-0.1, -0.05) is 33.6 Å². The SMILES string of the molecule is CCNC(CCOCC(F)(F)F)CC(CC)CC. The Hall–Kier alpha value is -0.290. The minimum Gasteiger partial charge on any atom is -0.372 e. The lowest BCUT2D eigenvalue weighted by molar-refractivity contribution is -0.174. The molecule has 0 aliphatic carbocycles. The summed E-state index contributed by atoms with van der Waals surface area (Å²) in [7, 11) is 0. The van der Waals surface area contributed by atoms with Crippen LogP contribution in [0.2, 0.25) is 0 Å². The van der Waals surface area contributed by atoms with E-state index in [0.29, 0.717) is 12.3 Å². The number of halogens is 3. The molecule has 0 aliphatic rings. The van der Waals surface area contributed by atoms with Gasteiger partial charge in [0.2, 0.25) is 0 Å². The molecule has 0 aliphatic heterocycles. The maximum Gasteiger partial charge on any atom is 0.411 e. The van der Waals surface area contributed by atoms with Crippen molar-refractivity contribution >= 4 is 0 Å². The third kappa shape index (κ3) is 9.71. The number of rotatable bonds is 10. The molecule has 5 heteroatoms. The van der Waals surface area contributed by atoms with Crippen molar-refractivity contribution in [2.45, 2.75) is 58.7 Å². The fourth-order valence-corrected chi connectivity index (χ4v) is 2.03. The van der Waals surface area contributed by atoms with Gasteiger partial charge < -0.3 is 10.1 Å². The lowest BCUT2D eigenvalue weighted by Gasteiger charge is -2.22. The highest BCUT2D eigenvalue weighted by atomic mass is 19.4. The summed E-state index contributed by atoms with van der Waals surface area (Å²) >= 11 is 0. The predicted octanol–water partition coefficient (Wildman–Crippen LogP) is 3.76. The van der Waals surface area contributed by atoms with Crippen LogP contribution in [0.1, 0.15) is 46.5 Å². The lowest BCUT2D eigenvalue weighted by Crippen LogP contribution is -2.32. The van der Waals surface area contributed by atoms with E-state index >= 15 is 0 Å². The Balaban J connectivity index is 3.89. The average molecular weight is 269 g/mol. The van der Waals surface area contributed by atoms with Gasteiger partial charge in [0.05, 0.1) is 0 Å². The Bertz CT molecular complexity index is 193. The van der Waals surface area contributed by atoms with E-state index in [2.05, 4.69) is 23.9 Å². The number of hydrogen-bond donors (Lipinski definition) is 1. The van der Waals surface area contributed by atoms with Crippen LogP contribution in [0.15, 0.2) is 0 Å². The number of alkyl halides is 3. The van der Waals surface area contributed by atoms with Crippen LogP contribution in [0.25, 0.3) is 0 Å². The van der Waals surface area contributed by atoms with Gasteiger partial charge in [-0.15, -0.1) is 0 Å². The van der Waals surface area contributed by atoms with Crippen molar-refractivity contribution in [2.75, 3.05) is 19.8 Å². The summed E-state index contributed by atoms with van der Waals surface area (Å²) in [5.41, 5.74) is 0. The van der Waals surface area contributed by atoms with Gasteiger partial charge in [-0.05, 0) is 25.3 Å². The highest BCUT2D eigenvalue weighted by Crippen LogP contribution is 2.18. The summed E-state index contributed by atoms with van der Waals surface area (Å²) in [5.74, 6) is 0.636. The Kier molecular flexibility index (Phi) is 9.46. The van der Waals surface area contributed by atoms with Crippen molar-refractivity contribution in [1.82, 2.24) is 5.32 Å². The Labute approximate surface area is 108 Å². The van der Waals surface area contributed by atoms with Crippen molar-refractivity contribution in [3.8, 4) is 0 Å². The van der Waals surface area contributed by atoms with Crippen LogP contribution in [0.4, 0.5) is 13.2 Å². The van der Waals surface area contributed by atoms with Crippen molar-refractivity contribution in [3.05, 3.63) is 0 Å². The van der Waals surface area contributed by atoms with Crippen LogP contribution in [-0.4, -0.2) is 32.0 Å². The standard InChI is InChI=1S/C13H26F3NO/c1-4-11(5-2)9-12(17-6-3)7-8-18-10-13(14,15)16/h11-12,17H,4-10H2,1-3H3. The number of nitrogens with one attached hydrogen (secondary N) is 1. The molecule has 0 aromatic heterocycles. The summed E-state index contributed by atoms with van der Waals surface area (Å²) in [6, 6.07) is 0.258. The van der Waals surface area contributed by atoms with E-state index in [-0.39, 0.29) is 12.6 Å². The fourth-order valence-electron chi connectivity index (χ4n) is 2.03. The zero-order valence-electron chi connectivity index (χ0n) is 11.6. The zero-order valence-corrected chi connectivity index (χ0v) is 11.6. The predicted molar refractivity (Wildman–Crippen MR) is 67.6 cm³/mol. The summed E-state index contributed by atoms with van der Waals surface area (Å²) in [6.45, 7) is 6.17. The van der Waals surface area contributed by atoms with Crippen LogP contribution in [0.3, 0.4) is 0 Å². The van der Waals surface area contributed by atoms with Gasteiger partial charge in [-0.3, -0.25) is 0 Å². The molecule has 0 radical (unpaired) electrons. The first kappa shape index (κ1) is 17.7. The fraction of sp³-hybridized carbons (Fsp3) is 1.00. The third-order valence-corrected chi connectivity index (χ3v) is 3.14. The first-order chi connectivity index (χ1) is 8.42. The van der Waals surface area contributed by atoms with Crippen molar-refractivity contribution in [2.24, 2.45) is 5.92 Å². The minimum atomic E-state index is -4.22. The molecule has 1 atom stereocenters. The third-order valence-electron chi connectivity index (χ3n) is 3.14. The van der Waals surface area contributed by atoms with E-state index < -0.39 is 12.8 Å². The molecule has 0 heterocycles. The molecular weight excluding hydrogens is 243 g/mol. The molecule has 0 fully saturated rings. The lowest BCUT2D eigenvalue weighted by atomic mass is 9.93. The molecule has 0 saturated heterocycles. The van der Waals surface area contributed by atoms with E-state index in [4.69, 9.17) is 0 Å². The smallest absolute Gasteiger partial charge is 0.372 e.